The van der Waals surface area contributed by atoms with Crippen molar-refractivity contribution in [3.05, 3.63) is 0 Å². The topological polar surface area (TPSA) is 84.0 Å². The lowest BCUT2D eigenvalue weighted by molar-refractivity contribution is -0.126. The average Bonchev–Trinajstić information content (AvgIpc) is 3.36. The van der Waals surface area contributed by atoms with Gasteiger partial charge in [0, 0.05) is 50.2 Å². The van der Waals surface area contributed by atoms with E-state index in [1.807, 2.05) is 0 Å². The number of rotatable bonds is 10. The first-order chi connectivity index (χ1) is 13.7. The molecule has 29 heavy (non-hydrogen) atoms. The van der Waals surface area contributed by atoms with Crippen molar-refractivity contribution < 1.29 is 14.3 Å². The molecule has 2 saturated carbocycles. The van der Waals surface area contributed by atoms with Crippen LogP contribution in [0, 0.1) is 11.8 Å². The van der Waals surface area contributed by atoms with Gasteiger partial charge in [-0.25, -0.2) is 0 Å². The van der Waals surface area contributed by atoms with Gasteiger partial charge in [0.05, 0.1) is 13.2 Å². The first-order valence-corrected chi connectivity index (χ1v) is 11.2. The Labute approximate surface area is 192 Å². The maximum Gasteiger partial charge on any atom is 0.223 e. The summed E-state index contributed by atoms with van der Waals surface area (Å²) in [5, 5.41) is 10.0. The van der Waals surface area contributed by atoms with E-state index in [9.17, 15) is 4.79 Å². The highest BCUT2D eigenvalue weighted by atomic mass is 127. The molecule has 1 saturated heterocycles. The average molecular weight is 522 g/mol. The molecule has 3 N–H and O–H groups in total. The van der Waals surface area contributed by atoms with Crippen LogP contribution in [0.15, 0.2) is 4.99 Å². The number of hydrogen-bond acceptors (Lipinski definition) is 4. The molecule has 3 aliphatic rings. The van der Waals surface area contributed by atoms with Crippen LogP contribution in [0.3, 0.4) is 0 Å². The molecule has 3 rings (SSSR count). The van der Waals surface area contributed by atoms with Crippen LogP contribution >= 0.6 is 24.0 Å². The van der Waals surface area contributed by atoms with Gasteiger partial charge in [-0.2, -0.15) is 0 Å². The fourth-order valence-corrected chi connectivity index (χ4v) is 3.94. The molecule has 0 aromatic rings. The van der Waals surface area contributed by atoms with Gasteiger partial charge in [0.25, 0.3) is 0 Å². The second-order valence-electron chi connectivity index (χ2n) is 8.41. The van der Waals surface area contributed by atoms with Crippen molar-refractivity contribution in [2.45, 2.75) is 70.4 Å². The Bertz CT molecular complexity index is 510. The van der Waals surface area contributed by atoms with Crippen LogP contribution < -0.4 is 16.0 Å². The van der Waals surface area contributed by atoms with Crippen LogP contribution in [0.5, 0.6) is 0 Å². The van der Waals surface area contributed by atoms with Gasteiger partial charge >= 0.3 is 0 Å². The normalized spacial score (nSPS) is 27.2. The molecular weight excluding hydrogens is 483 g/mol. The van der Waals surface area contributed by atoms with E-state index >= 15 is 0 Å². The Morgan fingerprint density at radius 1 is 1.14 bits per heavy atom. The molecule has 3 unspecified atom stereocenters. The predicted octanol–water partition coefficient (Wildman–Crippen LogP) is 2.44. The van der Waals surface area contributed by atoms with Crippen molar-refractivity contribution in [3.63, 3.8) is 0 Å². The molecule has 1 heterocycles. The van der Waals surface area contributed by atoms with Gasteiger partial charge in [-0.1, -0.05) is 6.42 Å². The maximum absolute atomic E-state index is 12.4. The fourth-order valence-electron chi connectivity index (χ4n) is 3.94. The number of carbonyl (C=O) groups excluding carboxylic acids is 1. The highest BCUT2D eigenvalue weighted by Crippen LogP contribution is 2.26. The number of nitrogens with zero attached hydrogens (tertiary/aromatic N) is 1. The smallest absolute Gasteiger partial charge is 0.223 e. The highest BCUT2D eigenvalue weighted by molar-refractivity contribution is 14.0. The van der Waals surface area contributed by atoms with Crippen LogP contribution in [0.2, 0.25) is 0 Å². The number of halogens is 1. The Morgan fingerprint density at radius 2 is 2.00 bits per heavy atom. The third-order valence-corrected chi connectivity index (χ3v) is 5.75. The minimum Gasteiger partial charge on any atom is -0.381 e. The summed E-state index contributed by atoms with van der Waals surface area (Å²) in [6, 6.07) is 0.767. The van der Waals surface area contributed by atoms with E-state index in [2.05, 4.69) is 22.9 Å². The van der Waals surface area contributed by atoms with Crippen molar-refractivity contribution in [3.8, 4) is 0 Å². The lowest BCUT2D eigenvalue weighted by Gasteiger charge is -2.30. The molecule has 0 bridgehead atoms. The first-order valence-electron chi connectivity index (χ1n) is 11.2. The zero-order valence-corrected chi connectivity index (χ0v) is 20.1. The molecule has 2 aliphatic carbocycles. The van der Waals surface area contributed by atoms with Crippen molar-refractivity contribution in [2.24, 2.45) is 16.8 Å². The summed E-state index contributed by atoms with van der Waals surface area (Å²) in [5.74, 6) is 1.82. The minimum absolute atomic E-state index is 0. The van der Waals surface area contributed by atoms with Crippen molar-refractivity contribution in [1.82, 2.24) is 16.0 Å². The standard InChI is InChI=1S/C21H38N4O3.HI/c1-2-22-21(23-10-4-11-27-14-16-9-12-28-15-16)25-19-6-3-5-17(13-19)20(26)24-18-7-8-18;/h16-19H,2-15H2,1H3,(H,24,26)(H2,22,23,25);1H. The van der Waals surface area contributed by atoms with Crippen LogP contribution in [-0.2, 0) is 14.3 Å². The minimum atomic E-state index is 0. The summed E-state index contributed by atoms with van der Waals surface area (Å²) in [6.45, 7) is 6.92. The molecule has 0 radical (unpaired) electrons. The van der Waals surface area contributed by atoms with Gasteiger partial charge in [-0.3, -0.25) is 9.79 Å². The lowest BCUT2D eigenvalue weighted by Crippen LogP contribution is -2.47. The van der Waals surface area contributed by atoms with Gasteiger partial charge in [0.2, 0.25) is 5.91 Å². The molecule has 168 valence electrons. The maximum atomic E-state index is 12.4. The quantitative estimate of drug-likeness (QED) is 0.178. The Balaban J connectivity index is 0.00000300. The second-order valence-corrected chi connectivity index (χ2v) is 8.41. The van der Waals surface area contributed by atoms with Crippen LogP contribution in [-0.4, -0.2) is 63.5 Å². The molecule has 7 nitrogen and oxygen atoms in total. The van der Waals surface area contributed by atoms with Crippen LogP contribution in [0.1, 0.15) is 58.3 Å². The van der Waals surface area contributed by atoms with E-state index in [1.165, 1.54) is 0 Å². The molecule has 3 fully saturated rings. The van der Waals surface area contributed by atoms with E-state index < -0.39 is 0 Å². The van der Waals surface area contributed by atoms with E-state index in [-0.39, 0.29) is 35.8 Å². The molecule has 0 aromatic carbocycles. The molecule has 8 heteroatoms. The monoisotopic (exact) mass is 522 g/mol. The highest BCUT2D eigenvalue weighted by Gasteiger charge is 2.31. The van der Waals surface area contributed by atoms with Gasteiger partial charge < -0.3 is 25.4 Å². The number of ether oxygens (including phenoxy) is 2. The summed E-state index contributed by atoms with van der Waals surface area (Å²) in [7, 11) is 0. The van der Waals surface area contributed by atoms with Crippen molar-refractivity contribution >= 4 is 35.8 Å². The number of hydrogen-bond donors (Lipinski definition) is 3. The number of nitrogens with one attached hydrogen (secondary N) is 3. The van der Waals surface area contributed by atoms with Gasteiger partial charge in [-0.15, -0.1) is 24.0 Å². The largest absolute Gasteiger partial charge is 0.381 e. The van der Waals surface area contributed by atoms with E-state index in [4.69, 9.17) is 14.5 Å². The number of carbonyl (C=O) groups is 1. The summed E-state index contributed by atoms with van der Waals surface area (Å²) in [5.41, 5.74) is 0. The Morgan fingerprint density at radius 3 is 2.72 bits per heavy atom. The predicted molar refractivity (Wildman–Crippen MR) is 126 cm³/mol. The van der Waals surface area contributed by atoms with Crippen molar-refractivity contribution in [2.75, 3.05) is 39.5 Å². The number of guanidine groups is 1. The molecule has 0 aromatic heterocycles. The summed E-state index contributed by atoms with van der Waals surface area (Å²) in [4.78, 5) is 17.1. The zero-order chi connectivity index (χ0) is 19.6. The van der Waals surface area contributed by atoms with Gasteiger partial charge in [-0.05, 0) is 51.9 Å². The molecule has 1 amide bonds. The molecule has 1 aliphatic heterocycles. The number of aliphatic imine (C=N–C) groups is 1. The van der Waals surface area contributed by atoms with E-state index in [1.54, 1.807) is 0 Å². The third kappa shape index (κ3) is 9.38. The van der Waals surface area contributed by atoms with Crippen LogP contribution in [0.4, 0.5) is 0 Å². The summed E-state index contributed by atoms with van der Waals surface area (Å²) < 4.78 is 11.1. The van der Waals surface area contributed by atoms with E-state index in [0.29, 0.717) is 18.0 Å². The van der Waals surface area contributed by atoms with Crippen LogP contribution in [0.25, 0.3) is 0 Å². The molecule has 3 atom stereocenters. The Kier molecular flexibility index (Phi) is 11.6. The first kappa shape index (κ1) is 24.7. The zero-order valence-electron chi connectivity index (χ0n) is 17.8. The summed E-state index contributed by atoms with van der Waals surface area (Å²) in [6.07, 6.45) is 8.44. The number of amides is 1. The second kappa shape index (κ2) is 13.6. The summed E-state index contributed by atoms with van der Waals surface area (Å²) >= 11 is 0. The molecule has 0 spiro atoms. The van der Waals surface area contributed by atoms with E-state index in [0.717, 1.165) is 96.8 Å². The SMILES string of the molecule is CCNC(=NCCCOCC1CCOC1)NC1CCCC(C(=O)NC2CC2)C1.I. The van der Waals surface area contributed by atoms with Crippen molar-refractivity contribution in [1.29, 1.82) is 0 Å². The third-order valence-electron chi connectivity index (χ3n) is 5.75. The van der Waals surface area contributed by atoms with Gasteiger partial charge in [0.1, 0.15) is 0 Å². The molecular formula is C21H39IN4O3. The van der Waals surface area contributed by atoms with Gasteiger partial charge in [0.15, 0.2) is 5.96 Å². The fraction of sp³-hybridized carbons (Fsp3) is 0.905. The Hall–Kier alpha value is -0.610. The lowest BCUT2D eigenvalue weighted by atomic mass is 9.85.